The molecule has 1 fully saturated rings. The van der Waals surface area contributed by atoms with E-state index >= 15 is 0 Å². The van der Waals surface area contributed by atoms with Gasteiger partial charge < -0.3 is 10.2 Å². The first kappa shape index (κ1) is 16.0. The minimum Gasteiger partial charge on any atom is -0.340 e. The van der Waals surface area contributed by atoms with Gasteiger partial charge >= 0.3 is 0 Å². The number of hydrogen-bond donors (Lipinski definition) is 1. The van der Waals surface area contributed by atoms with Crippen LogP contribution in [-0.4, -0.2) is 34.8 Å². The Morgan fingerprint density at radius 3 is 2.21 bits per heavy atom. The van der Waals surface area contributed by atoms with E-state index in [2.05, 4.69) is 19.2 Å². The normalized spacial score (nSPS) is 23.8. The number of nitrogens with one attached hydrogen (secondary N) is 1. The third kappa shape index (κ3) is 3.48. The lowest BCUT2D eigenvalue weighted by atomic mass is 9.81. The zero-order chi connectivity index (χ0) is 15.0. The van der Waals surface area contributed by atoms with Crippen LogP contribution in [0.1, 0.15) is 54.9 Å². The van der Waals surface area contributed by atoms with Gasteiger partial charge in [-0.2, -0.15) is 0 Å². The van der Waals surface area contributed by atoms with Crippen molar-refractivity contribution in [2.45, 2.75) is 66.5 Å². The molecular formula is C15H28N2O2. The Hall–Kier alpha value is -1.06. The summed E-state index contributed by atoms with van der Waals surface area (Å²) in [5, 5.41) is 2.85. The fraction of sp³-hybridized carbons (Fsp3) is 0.867. The van der Waals surface area contributed by atoms with Crippen LogP contribution >= 0.6 is 0 Å². The van der Waals surface area contributed by atoms with Gasteiger partial charge in [-0.3, -0.25) is 9.59 Å². The lowest BCUT2D eigenvalue weighted by Gasteiger charge is -2.47. The Labute approximate surface area is 116 Å². The Morgan fingerprint density at radius 2 is 1.79 bits per heavy atom. The predicted octanol–water partition coefficient (Wildman–Crippen LogP) is 2.18. The molecule has 1 N–H and O–H groups in total. The SMILES string of the molecule is CC(C)CCN1C(=O)C(C)(C)NC(=O)C1C(C)(C)C. The van der Waals surface area contributed by atoms with Gasteiger partial charge in [-0.05, 0) is 31.6 Å². The maximum Gasteiger partial charge on any atom is 0.248 e. The Balaban J connectivity index is 3.05. The van der Waals surface area contributed by atoms with Crippen molar-refractivity contribution >= 4 is 11.8 Å². The fourth-order valence-electron chi connectivity index (χ4n) is 2.54. The van der Waals surface area contributed by atoms with E-state index in [0.717, 1.165) is 6.42 Å². The van der Waals surface area contributed by atoms with E-state index in [1.165, 1.54) is 0 Å². The van der Waals surface area contributed by atoms with E-state index in [-0.39, 0.29) is 23.3 Å². The van der Waals surface area contributed by atoms with Crippen molar-refractivity contribution in [1.29, 1.82) is 0 Å². The van der Waals surface area contributed by atoms with Gasteiger partial charge in [0.15, 0.2) is 0 Å². The highest BCUT2D eigenvalue weighted by Gasteiger charge is 2.49. The molecule has 0 aliphatic carbocycles. The third-order valence-corrected chi connectivity index (χ3v) is 3.56. The smallest absolute Gasteiger partial charge is 0.248 e. The average molecular weight is 268 g/mol. The van der Waals surface area contributed by atoms with Crippen molar-refractivity contribution in [3.63, 3.8) is 0 Å². The molecule has 0 spiro atoms. The second-order valence-corrected chi connectivity index (χ2v) is 7.56. The van der Waals surface area contributed by atoms with Crippen molar-refractivity contribution in [3.8, 4) is 0 Å². The molecule has 1 atom stereocenters. The molecule has 4 heteroatoms. The fourth-order valence-corrected chi connectivity index (χ4v) is 2.54. The number of carbonyl (C=O) groups is 2. The van der Waals surface area contributed by atoms with E-state index in [0.29, 0.717) is 12.5 Å². The molecule has 0 aromatic rings. The molecular weight excluding hydrogens is 240 g/mol. The zero-order valence-electron chi connectivity index (χ0n) is 13.3. The number of nitrogens with zero attached hydrogens (tertiary/aromatic N) is 1. The molecule has 1 unspecified atom stereocenters. The van der Waals surface area contributed by atoms with Crippen LogP contribution in [0.4, 0.5) is 0 Å². The first-order valence-corrected chi connectivity index (χ1v) is 7.10. The van der Waals surface area contributed by atoms with Gasteiger partial charge in [0.1, 0.15) is 11.6 Å². The van der Waals surface area contributed by atoms with Gasteiger partial charge in [0.25, 0.3) is 0 Å². The quantitative estimate of drug-likeness (QED) is 0.853. The number of carbonyl (C=O) groups excluding carboxylic acids is 2. The summed E-state index contributed by atoms with van der Waals surface area (Å²) in [6.45, 7) is 14.5. The Morgan fingerprint density at radius 1 is 1.26 bits per heavy atom. The van der Waals surface area contributed by atoms with Crippen LogP contribution in [0.25, 0.3) is 0 Å². The number of rotatable bonds is 3. The van der Waals surface area contributed by atoms with Gasteiger partial charge in [-0.1, -0.05) is 34.6 Å². The second-order valence-electron chi connectivity index (χ2n) is 7.56. The number of piperazine rings is 1. The first-order chi connectivity index (χ1) is 8.47. The first-order valence-electron chi connectivity index (χ1n) is 7.10. The summed E-state index contributed by atoms with van der Waals surface area (Å²) in [6.07, 6.45) is 0.918. The largest absolute Gasteiger partial charge is 0.340 e. The van der Waals surface area contributed by atoms with Crippen LogP contribution in [0, 0.1) is 11.3 Å². The molecule has 1 rings (SSSR count). The molecule has 19 heavy (non-hydrogen) atoms. The second kappa shape index (κ2) is 5.14. The average Bonchev–Trinajstić information content (AvgIpc) is 2.18. The van der Waals surface area contributed by atoms with Crippen LogP contribution in [-0.2, 0) is 9.59 Å². The molecule has 0 aromatic carbocycles. The van der Waals surface area contributed by atoms with Crippen LogP contribution < -0.4 is 5.32 Å². The maximum absolute atomic E-state index is 12.6. The van der Waals surface area contributed by atoms with Crippen LogP contribution in [0.15, 0.2) is 0 Å². The zero-order valence-corrected chi connectivity index (χ0v) is 13.3. The minimum absolute atomic E-state index is 0.0210. The predicted molar refractivity (Wildman–Crippen MR) is 76.6 cm³/mol. The molecule has 0 bridgehead atoms. The third-order valence-electron chi connectivity index (χ3n) is 3.56. The molecule has 1 heterocycles. The lowest BCUT2D eigenvalue weighted by molar-refractivity contribution is -0.158. The highest BCUT2D eigenvalue weighted by atomic mass is 16.2. The molecule has 1 aliphatic heterocycles. The van der Waals surface area contributed by atoms with Crippen molar-refractivity contribution in [1.82, 2.24) is 10.2 Å². The molecule has 1 saturated heterocycles. The maximum atomic E-state index is 12.6. The van der Waals surface area contributed by atoms with Crippen LogP contribution in [0.2, 0.25) is 0 Å². The van der Waals surface area contributed by atoms with E-state index in [1.54, 1.807) is 18.7 Å². The summed E-state index contributed by atoms with van der Waals surface area (Å²) in [4.78, 5) is 26.7. The lowest BCUT2D eigenvalue weighted by Crippen LogP contribution is -2.70. The van der Waals surface area contributed by atoms with Gasteiger partial charge in [-0.25, -0.2) is 0 Å². The van der Waals surface area contributed by atoms with Gasteiger partial charge in [0.05, 0.1) is 0 Å². The van der Waals surface area contributed by atoms with Crippen LogP contribution in [0.5, 0.6) is 0 Å². The van der Waals surface area contributed by atoms with Gasteiger partial charge in [-0.15, -0.1) is 0 Å². The molecule has 0 radical (unpaired) electrons. The van der Waals surface area contributed by atoms with E-state index < -0.39 is 5.54 Å². The molecule has 0 aromatic heterocycles. The van der Waals surface area contributed by atoms with E-state index in [1.807, 2.05) is 20.8 Å². The standard InChI is InChI=1S/C15H28N2O2/c1-10(2)8-9-17-11(14(3,4)5)12(18)16-15(6,7)13(17)19/h10-11H,8-9H2,1-7H3,(H,16,18). The highest BCUT2D eigenvalue weighted by molar-refractivity contribution is 5.99. The van der Waals surface area contributed by atoms with Crippen LogP contribution in [0.3, 0.4) is 0 Å². The van der Waals surface area contributed by atoms with E-state index in [9.17, 15) is 9.59 Å². The molecule has 2 amide bonds. The molecule has 110 valence electrons. The van der Waals surface area contributed by atoms with Gasteiger partial charge in [0, 0.05) is 6.54 Å². The molecule has 1 aliphatic rings. The topological polar surface area (TPSA) is 49.4 Å². The summed E-state index contributed by atoms with van der Waals surface area (Å²) in [5.41, 5.74) is -1.05. The summed E-state index contributed by atoms with van der Waals surface area (Å²) in [7, 11) is 0. The number of hydrogen-bond acceptors (Lipinski definition) is 2. The van der Waals surface area contributed by atoms with Gasteiger partial charge in [0.2, 0.25) is 11.8 Å². The highest BCUT2D eigenvalue weighted by Crippen LogP contribution is 2.30. The minimum atomic E-state index is -0.796. The molecule has 0 saturated carbocycles. The summed E-state index contributed by atoms with van der Waals surface area (Å²) >= 11 is 0. The monoisotopic (exact) mass is 268 g/mol. The summed E-state index contributed by atoms with van der Waals surface area (Å²) < 4.78 is 0. The summed E-state index contributed by atoms with van der Waals surface area (Å²) in [5.74, 6) is 0.495. The molecule has 4 nitrogen and oxygen atoms in total. The Kier molecular flexibility index (Phi) is 4.33. The number of amides is 2. The van der Waals surface area contributed by atoms with Crippen molar-refractivity contribution < 1.29 is 9.59 Å². The van der Waals surface area contributed by atoms with Crippen molar-refractivity contribution in [3.05, 3.63) is 0 Å². The Bertz CT molecular complexity index is 367. The summed E-state index contributed by atoms with van der Waals surface area (Å²) in [6, 6.07) is -0.383. The van der Waals surface area contributed by atoms with Crippen molar-refractivity contribution in [2.24, 2.45) is 11.3 Å². The van der Waals surface area contributed by atoms with Crippen molar-refractivity contribution in [2.75, 3.05) is 6.54 Å². The van der Waals surface area contributed by atoms with E-state index in [4.69, 9.17) is 0 Å².